The summed E-state index contributed by atoms with van der Waals surface area (Å²) in [7, 11) is 0. The predicted octanol–water partition coefficient (Wildman–Crippen LogP) is 5.95. The maximum atomic E-state index is 14.8. The van der Waals surface area contributed by atoms with Gasteiger partial charge < -0.3 is 4.90 Å². The molecule has 1 atom stereocenters. The van der Waals surface area contributed by atoms with Gasteiger partial charge in [0, 0.05) is 29.5 Å². The summed E-state index contributed by atoms with van der Waals surface area (Å²) in [6, 6.07) is 12.6. The average molecular weight is 363 g/mol. The number of fused-ring (bicyclic) bond motifs is 1. The molecular weight excluding hydrogens is 337 g/mol. The van der Waals surface area contributed by atoms with Gasteiger partial charge in [-0.15, -0.1) is 0 Å². The number of benzene rings is 2. The Morgan fingerprint density at radius 2 is 2.00 bits per heavy atom. The van der Waals surface area contributed by atoms with E-state index in [9.17, 15) is 4.39 Å². The second-order valence-corrected chi connectivity index (χ2v) is 7.92. The van der Waals surface area contributed by atoms with Crippen molar-refractivity contribution in [3.8, 4) is 6.07 Å². The van der Waals surface area contributed by atoms with Gasteiger partial charge in [-0.05, 0) is 74.6 Å². The summed E-state index contributed by atoms with van der Waals surface area (Å²) < 4.78 is 14.8. The Hall–Kier alpha value is -2.67. The highest BCUT2D eigenvalue weighted by molar-refractivity contribution is 5.84. The Kier molecular flexibility index (Phi) is 5.32. The van der Waals surface area contributed by atoms with Gasteiger partial charge in [0.2, 0.25) is 0 Å². The Bertz CT molecular complexity index is 891. The van der Waals surface area contributed by atoms with Crippen LogP contribution >= 0.6 is 0 Å². The Balaban J connectivity index is 1.96. The van der Waals surface area contributed by atoms with E-state index >= 15 is 0 Å². The lowest BCUT2D eigenvalue weighted by Crippen LogP contribution is -2.48. The van der Waals surface area contributed by atoms with E-state index in [1.807, 2.05) is 6.07 Å². The number of aliphatic imine (C=N–C) groups is 1. The van der Waals surface area contributed by atoms with Crippen molar-refractivity contribution in [1.29, 1.82) is 5.26 Å². The summed E-state index contributed by atoms with van der Waals surface area (Å²) in [5.74, 6) is 0.114. The SMILES string of the molecule is CCCN1c2cc(F)c(C=Nc3ccc(C#N)cc3)cc2C(C)CC1(C)C. The van der Waals surface area contributed by atoms with Crippen LogP contribution in [0.3, 0.4) is 0 Å². The van der Waals surface area contributed by atoms with E-state index < -0.39 is 0 Å². The highest BCUT2D eigenvalue weighted by Gasteiger charge is 2.36. The van der Waals surface area contributed by atoms with Crippen molar-refractivity contribution < 1.29 is 4.39 Å². The monoisotopic (exact) mass is 363 g/mol. The Labute approximate surface area is 161 Å². The molecule has 0 spiro atoms. The van der Waals surface area contributed by atoms with Crippen LogP contribution in [0, 0.1) is 17.1 Å². The normalized spacial score (nSPS) is 18.4. The topological polar surface area (TPSA) is 39.4 Å². The van der Waals surface area contributed by atoms with Crippen LogP contribution < -0.4 is 4.90 Å². The van der Waals surface area contributed by atoms with Crippen molar-refractivity contribution in [2.45, 2.75) is 52.0 Å². The molecule has 1 aliphatic rings. The molecule has 0 saturated heterocycles. The largest absolute Gasteiger partial charge is 0.366 e. The summed E-state index contributed by atoms with van der Waals surface area (Å²) >= 11 is 0. The van der Waals surface area contributed by atoms with Crippen LogP contribution in [-0.4, -0.2) is 18.3 Å². The van der Waals surface area contributed by atoms with Gasteiger partial charge in [-0.1, -0.05) is 13.8 Å². The van der Waals surface area contributed by atoms with Gasteiger partial charge >= 0.3 is 0 Å². The molecule has 2 aromatic carbocycles. The maximum Gasteiger partial charge on any atom is 0.134 e. The van der Waals surface area contributed by atoms with E-state index in [2.05, 4.69) is 43.7 Å². The highest BCUT2D eigenvalue weighted by Crippen LogP contribution is 2.44. The molecule has 3 rings (SSSR count). The lowest BCUT2D eigenvalue weighted by Gasteiger charge is -2.47. The van der Waals surface area contributed by atoms with Crippen molar-refractivity contribution in [2.24, 2.45) is 4.99 Å². The molecular formula is C23H26FN3. The van der Waals surface area contributed by atoms with Gasteiger partial charge in [-0.3, -0.25) is 4.99 Å². The number of halogens is 1. The minimum absolute atomic E-state index is 0.0208. The Morgan fingerprint density at radius 1 is 1.30 bits per heavy atom. The fourth-order valence-corrected chi connectivity index (χ4v) is 4.03. The van der Waals surface area contributed by atoms with E-state index in [0.29, 0.717) is 22.7 Å². The second-order valence-electron chi connectivity index (χ2n) is 7.92. The molecule has 1 heterocycles. The van der Waals surface area contributed by atoms with Crippen LogP contribution in [0.2, 0.25) is 0 Å². The number of hydrogen-bond acceptors (Lipinski definition) is 3. The fourth-order valence-electron chi connectivity index (χ4n) is 4.03. The highest BCUT2D eigenvalue weighted by atomic mass is 19.1. The lowest BCUT2D eigenvalue weighted by molar-refractivity contribution is 0.375. The third-order valence-electron chi connectivity index (χ3n) is 5.30. The molecule has 3 nitrogen and oxygen atoms in total. The zero-order valence-corrected chi connectivity index (χ0v) is 16.5. The van der Waals surface area contributed by atoms with E-state index in [1.165, 1.54) is 5.56 Å². The molecule has 0 bridgehead atoms. The summed E-state index contributed by atoms with van der Waals surface area (Å²) in [6.07, 6.45) is 3.65. The molecule has 27 heavy (non-hydrogen) atoms. The molecule has 0 amide bonds. The minimum Gasteiger partial charge on any atom is -0.366 e. The van der Waals surface area contributed by atoms with Crippen LogP contribution in [0.4, 0.5) is 15.8 Å². The van der Waals surface area contributed by atoms with Gasteiger partial charge in [-0.25, -0.2) is 4.39 Å². The van der Waals surface area contributed by atoms with Crippen LogP contribution in [0.25, 0.3) is 0 Å². The van der Waals surface area contributed by atoms with Gasteiger partial charge in [-0.2, -0.15) is 5.26 Å². The smallest absolute Gasteiger partial charge is 0.134 e. The van der Waals surface area contributed by atoms with Gasteiger partial charge in [0.1, 0.15) is 5.82 Å². The molecule has 0 aliphatic carbocycles. The minimum atomic E-state index is -0.253. The molecule has 0 saturated carbocycles. The standard InChI is InChI=1S/C23H26FN3/c1-5-10-27-22-12-21(24)18(11-20(22)16(2)13-23(27,3)4)15-26-19-8-6-17(14-25)7-9-19/h6-9,11-12,15-16H,5,10,13H2,1-4H3. The molecule has 0 aromatic heterocycles. The predicted molar refractivity (Wildman–Crippen MR) is 110 cm³/mol. The van der Waals surface area contributed by atoms with Crippen molar-refractivity contribution in [3.05, 3.63) is 58.9 Å². The molecule has 1 unspecified atom stereocenters. The van der Waals surface area contributed by atoms with Crippen LogP contribution in [0.1, 0.15) is 63.1 Å². The summed E-state index contributed by atoms with van der Waals surface area (Å²) in [5.41, 5.74) is 4.00. The number of hydrogen-bond donors (Lipinski definition) is 0. The molecule has 2 aromatic rings. The Morgan fingerprint density at radius 3 is 2.63 bits per heavy atom. The van der Waals surface area contributed by atoms with Gasteiger partial charge in [0.15, 0.2) is 0 Å². The number of nitriles is 1. The first-order valence-electron chi connectivity index (χ1n) is 9.51. The second kappa shape index (κ2) is 7.52. The summed E-state index contributed by atoms with van der Waals surface area (Å²) in [4.78, 5) is 6.72. The first-order chi connectivity index (χ1) is 12.9. The van der Waals surface area contributed by atoms with Crippen LogP contribution in [0.5, 0.6) is 0 Å². The zero-order valence-electron chi connectivity index (χ0n) is 16.5. The van der Waals surface area contributed by atoms with E-state index in [1.54, 1.807) is 36.5 Å². The first-order valence-corrected chi connectivity index (χ1v) is 9.51. The lowest BCUT2D eigenvalue weighted by atomic mass is 9.79. The zero-order chi connectivity index (χ0) is 19.6. The molecule has 1 aliphatic heterocycles. The third-order valence-corrected chi connectivity index (χ3v) is 5.30. The van der Waals surface area contributed by atoms with Gasteiger partial charge in [0.05, 0.1) is 17.3 Å². The molecule has 0 N–H and O–H groups in total. The molecule has 140 valence electrons. The number of nitrogens with zero attached hydrogens (tertiary/aromatic N) is 3. The molecule has 0 radical (unpaired) electrons. The molecule has 4 heteroatoms. The first kappa shape index (κ1) is 19.1. The number of anilines is 1. The number of rotatable bonds is 4. The van der Waals surface area contributed by atoms with Gasteiger partial charge in [0.25, 0.3) is 0 Å². The van der Waals surface area contributed by atoms with Crippen molar-refractivity contribution in [1.82, 2.24) is 0 Å². The van der Waals surface area contributed by atoms with Crippen molar-refractivity contribution in [3.63, 3.8) is 0 Å². The average Bonchev–Trinajstić information content (AvgIpc) is 2.64. The van der Waals surface area contributed by atoms with Crippen LogP contribution in [-0.2, 0) is 0 Å². The van der Waals surface area contributed by atoms with E-state index in [0.717, 1.165) is 25.1 Å². The molecule has 0 fully saturated rings. The fraction of sp³-hybridized carbons (Fsp3) is 0.391. The quantitative estimate of drug-likeness (QED) is 0.630. The maximum absolute atomic E-state index is 14.8. The third kappa shape index (κ3) is 3.88. The summed E-state index contributed by atoms with van der Waals surface area (Å²) in [6.45, 7) is 9.76. The van der Waals surface area contributed by atoms with Crippen molar-refractivity contribution in [2.75, 3.05) is 11.4 Å². The van der Waals surface area contributed by atoms with E-state index in [4.69, 9.17) is 5.26 Å². The van der Waals surface area contributed by atoms with Crippen molar-refractivity contribution >= 4 is 17.6 Å². The van der Waals surface area contributed by atoms with E-state index in [-0.39, 0.29) is 11.4 Å². The van der Waals surface area contributed by atoms with Crippen LogP contribution in [0.15, 0.2) is 41.4 Å². The summed E-state index contributed by atoms with van der Waals surface area (Å²) in [5, 5.41) is 8.86.